The molecule has 2 nitrogen and oxygen atoms in total. The molecule has 0 aliphatic heterocycles. The van der Waals surface area contributed by atoms with Crippen LogP contribution in [0.15, 0.2) is 0 Å². The molecule has 0 N–H and O–H groups in total. The highest BCUT2D eigenvalue weighted by Gasteiger charge is 2.02. The molecule has 0 saturated heterocycles. The maximum Gasteiger partial charge on any atom is 0.305 e. The lowest BCUT2D eigenvalue weighted by molar-refractivity contribution is -0.143. The standard InChI is InChI=1S/C25H49ClO2/c1-2-3-4-5-6-7-8-9-10-11-12-13-14-15-16-19-22-25(27)28-24-21-18-17-20-23-26/h2-24H2,1H3. The van der Waals surface area contributed by atoms with Gasteiger partial charge in [0, 0.05) is 12.3 Å². The summed E-state index contributed by atoms with van der Waals surface area (Å²) < 4.78 is 5.27. The normalized spacial score (nSPS) is 11.1. The molecule has 0 aromatic carbocycles. The van der Waals surface area contributed by atoms with Gasteiger partial charge in [0.2, 0.25) is 0 Å². The minimum atomic E-state index is -0.0114. The van der Waals surface area contributed by atoms with Crippen LogP contribution in [0.4, 0.5) is 0 Å². The number of hydrogen-bond acceptors (Lipinski definition) is 2. The molecule has 0 amide bonds. The summed E-state index contributed by atoms with van der Waals surface area (Å²) in [6, 6.07) is 0. The van der Waals surface area contributed by atoms with Crippen LogP contribution in [0.25, 0.3) is 0 Å². The van der Waals surface area contributed by atoms with E-state index in [4.69, 9.17) is 16.3 Å². The van der Waals surface area contributed by atoms with Gasteiger partial charge in [-0.15, -0.1) is 11.6 Å². The fourth-order valence-electron chi connectivity index (χ4n) is 3.63. The summed E-state index contributed by atoms with van der Waals surface area (Å²) in [5, 5.41) is 0. The van der Waals surface area contributed by atoms with E-state index >= 15 is 0 Å². The molecule has 0 heterocycles. The third kappa shape index (κ3) is 23.8. The maximum absolute atomic E-state index is 11.6. The summed E-state index contributed by atoms with van der Waals surface area (Å²) in [6.45, 7) is 2.87. The average molecular weight is 417 g/mol. The van der Waals surface area contributed by atoms with E-state index in [1.165, 1.54) is 96.3 Å². The molecule has 0 aliphatic rings. The molecule has 0 saturated carbocycles. The largest absolute Gasteiger partial charge is 0.466 e. The average Bonchev–Trinajstić information content (AvgIpc) is 2.70. The zero-order valence-electron chi connectivity index (χ0n) is 19.0. The fourth-order valence-corrected chi connectivity index (χ4v) is 3.81. The molecule has 168 valence electrons. The molecule has 0 atom stereocenters. The topological polar surface area (TPSA) is 26.3 Å². The first-order valence-corrected chi connectivity index (χ1v) is 13.1. The predicted molar refractivity (Wildman–Crippen MR) is 124 cm³/mol. The Morgan fingerprint density at radius 3 is 1.43 bits per heavy atom. The number of carbonyl (C=O) groups excluding carboxylic acids is 1. The van der Waals surface area contributed by atoms with Crippen LogP contribution >= 0.6 is 11.6 Å². The van der Waals surface area contributed by atoms with Crippen LogP contribution in [0, 0.1) is 0 Å². The Labute approximate surface area is 181 Å². The number of hydrogen-bond donors (Lipinski definition) is 0. The van der Waals surface area contributed by atoms with Gasteiger partial charge in [0.25, 0.3) is 0 Å². The molecule has 0 unspecified atom stereocenters. The van der Waals surface area contributed by atoms with Crippen LogP contribution in [-0.4, -0.2) is 18.5 Å². The summed E-state index contributed by atoms with van der Waals surface area (Å²) >= 11 is 5.64. The molecule has 0 spiro atoms. The summed E-state index contributed by atoms with van der Waals surface area (Å²) in [5.74, 6) is 0.724. The van der Waals surface area contributed by atoms with Crippen molar-refractivity contribution in [3.8, 4) is 0 Å². The van der Waals surface area contributed by atoms with Crippen LogP contribution in [0.3, 0.4) is 0 Å². The van der Waals surface area contributed by atoms with Gasteiger partial charge in [-0.3, -0.25) is 4.79 Å². The molecular formula is C25H49ClO2. The van der Waals surface area contributed by atoms with Crippen molar-refractivity contribution in [2.45, 2.75) is 142 Å². The van der Waals surface area contributed by atoms with Crippen molar-refractivity contribution >= 4 is 17.6 Å². The Morgan fingerprint density at radius 1 is 0.571 bits per heavy atom. The SMILES string of the molecule is CCCCCCCCCCCCCCCCCCC(=O)OCCCCCCCl. The zero-order valence-corrected chi connectivity index (χ0v) is 19.7. The van der Waals surface area contributed by atoms with Crippen molar-refractivity contribution in [2.75, 3.05) is 12.5 Å². The molecule has 0 rings (SSSR count). The van der Waals surface area contributed by atoms with E-state index in [-0.39, 0.29) is 5.97 Å². The smallest absolute Gasteiger partial charge is 0.305 e. The third-order valence-electron chi connectivity index (χ3n) is 5.53. The third-order valence-corrected chi connectivity index (χ3v) is 5.79. The number of halogens is 1. The van der Waals surface area contributed by atoms with Crippen molar-refractivity contribution in [3.05, 3.63) is 0 Å². The number of esters is 1. The van der Waals surface area contributed by atoms with Crippen LogP contribution in [0.2, 0.25) is 0 Å². The minimum absolute atomic E-state index is 0.0114. The second-order valence-electron chi connectivity index (χ2n) is 8.38. The lowest BCUT2D eigenvalue weighted by Gasteiger charge is -2.05. The first-order valence-electron chi connectivity index (χ1n) is 12.5. The molecule has 0 radical (unpaired) electrons. The van der Waals surface area contributed by atoms with E-state index in [9.17, 15) is 4.79 Å². The molecular weight excluding hydrogens is 368 g/mol. The van der Waals surface area contributed by atoms with Crippen molar-refractivity contribution in [2.24, 2.45) is 0 Å². The molecule has 0 fully saturated rings. The summed E-state index contributed by atoms with van der Waals surface area (Å²) in [7, 11) is 0. The van der Waals surface area contributed by atoms with E-state index in [0.717, 1.165) is 38.0 Å². The monoisotopic (exact) mass is 416 g/mol. The van der Waals surface area contributed by atoms with Gasteiger partial charge < -0.3 is 4.74 Å². The fraction of sp³-hybridized carbons (Fsp3) is 0.960. The molecule has 0 bridgehead atoms. The summed E-state index contributed by atoms with van der Waals surface area (Å²) in [6.07, 6.45) is 26.6. The Bertz CT molecular complexity index is 307. The second kappa shape index (κ2) is 24.8. The van der Waals surface area contributed by atoms with Crippen molar-refractivity contribution in [1.82, 2.24) is 0 Å². The minimum Gasteiger partial charge on any atom is -0.466 e. The highest BCUT2D eigenvalue weighted by molar-refractivity contribution is 6.17. The Morgan fingerprint density at radius 2 is 0.964 bits per heavy atom. The molecule has 0 aromatic rings. The van der Waals surface area contributed by atoms with E-state index in [0.29, 0.717) is 13.0 Å². The highest BCUT2D eigenvalue weighted by Crippen LogP contribution is 2.14. The van der Waals surface area contributed by atoms with Crippen LogP contribution in [-0.2, 0) is 9.53 Å². The predicted octanol–water partition coefficient (Wildman–Crippen LogP) is 8.98. The van der Waals surface area contributed by atoms with Crippen LogP contribution in [0.1, 0.15) is 142 Å². The van der Waals surface area contributed by atoms with Gasteiger partial charge in [-0.1, -0.05) is 116 Å². The van der Waals surface area contributed by atoms with Crippen LogP contribution in [0.5, 0.6) is 0 Å². The number of carbonyl (C=O) groups is 1. The summed E-state index contributed by atoms with van der Waals surface area (Å²) in [5.41, 5.74) is 0. The van der Waals surface area contributed by atoms with Crippen molar-refractivity contribution in [3.63, 3.8) is 0 Å². The molecule has 0 aromatic heterocycles. The number of alkyl halides is 1. The van der Waals surface area contributed by atoms with Gasteiger partial charge >= 0.3 is 5.97 Å². The maximum atomic E-state index is 11.6. The zero-order chi connectivity index (χ0) is 20.5. The van der Waals surface area contributed by atoms with Gasteiger partial charge in [0.15, 0.2) is 0 Å². The van der Waals surface area contributed by atoms with Crippen LogP contribution < -0.4 is 0 Å². The highest BCUT2D eigenvalue weighted by atomic mass is 35.5. The lowest BCUT2D eigenvalue weighted by Crippen LogP contribution is -2.05. The lowest BCUT2D eigenvalue weighted by atomic mass is 10.0. The van der Waals surface area contributed by atoms with Gasteiger partial charge in [-0.25, -0.2) is 0 Å². The number of rotatable bonds is 23. The van der Waals surface area contributed by atoms with Gasteiger partial charge in [0.1, 0.15) is 0 Å². The van der Waals surface area contributed by atoms with Gasteiger partial charge in [0.05, 0.1) is 6.61 Å². The number of ether oxygens (including phenoxy) is 1. The quantitative estimate of drug-likeness (QED) is 0.0942. The second-order valence-corrected chi connectivity index (χ2v) is 8.75. The Hall–Kier alpha value is -0.240. The Kier molecular flexibility index (Phi) is 24.6. The molecule has 0 aliphatic carbocycles. The van der Waals surface area contributed by atoms with Gasteiger partial charge in [-0.05, 0) is 19.3 Å². The van der Waals surface area contributed by atoms with Gasteiger partial charge in [-0.2, -0.15) is 0 Å². The van der Waals surface area contributed by atoms with E-state index in [1.807, 2.05) is 0 Å². The first-order chi connectivity index (χ1) is 13.8. The first kappa shape index (κ1) is 27.8. The molecule has 3 heteroatoms. The Balaban J connectivity index is 3.10. The molecule has 28 heavy (non-hydrogen) atoms. The summed E-state index contributed by atoms with van der Waals surface area (Å²) in [4.78, 5) is 11.6. The van der Waals surface area contributed by atoms with E-state index < -0.39 is 0 Å². The van der Waals surface area contributed by atoms with E-state index in [1.54, 1.807) is 0 Å². The van der Waals surface area contributed by atoms with Crippen molar-refractivity contribution in [1.29, 1.82) is 0 Å². The van der Waals surface area contributed by atoms with Crippen molar-refractivity contribution < 1.29 is 9.53 Å². The number of unbranched alkanes of at least 4 members (excludes halogenated alkanes) is 18. The van der Waals surface area contributed by atoms with E-state index in [2.05, 4.69) is 6.92 Å².